The number of hydrogen-bond donors (Lipinski definition) is 2. The van der Waals surface area contributed by atoms with Crippen molar-refractivity contribution >= 4 is 23.2 Å². The fourth-order valence-electron chi connectivity index (χ4n) is 3.59. The average Bonchev–Trinajstić information content (AvgIpc) is 2.73. The lowest BCUT2D eigenvalue weighted by Crippen LogP contribution is -2.42. The molecule has 2 amide bonds. The molecule has 130 valence electrons. The lowest BCUT2D eigenvalue weighted by atomic mass is 9.97. The lowest BCUT2D eigenvalue weighted by molar-refractivity contribution is -0.115. The second-order valence-electron chi connectivity index (χ2n) is 6.77. The molecule has 0 radical (unpaired) electrons. The van der Waals surface area contributed by atoms with Crippen molar-refractivity contribution in [1.82, 2.24) is 10.2 Å². The summed E-state index contributed by atoms with van der Waals surface area (Å²) in [6, 6.07) is 5.62. The van der Waals surface area contributed by atoms with Gasteiger partial charge in [-0.15, -0.1) is 0 Å². The highest BCUT2D eigenvalue weighted by molar-refractivity contribution is 6.00. The smallest absolute Gasteiger partial charge is 0.253 e. The third-order valence-corrected chi connectivity index (χ3v) is 4.90. The Labute approximate surface area is 143 Å². The number of hydrogen-bond acceptors (Lipinski definition) is 4. The zero-order valence-electron chi connectivity index (χ0n) is 14.5. The highest BCUT2D eigenvalue weighted by Gasteiger charge is 2.25. The number of rotatable bonds is 3. The predicted molar refractivity (Wildman–Crippen MR) is 95.5 cm³/mol. The molecule has 24 heavy (non-hydrogen) atoms. The maximum Gasteiger partial charge on any atom is 0.253 e. The van der Waals surface area contributed by atoms with Crippen LogP contribution in [0.5, 0.6) is 0 Å². The first-order valence-electron chi connectivity index (χ1n) is 8.67. The summed E-state index contributed by atoms with van der Waals surface area (Å²) in [6.45, 7) is 3.23. The van der Waals surface area contributed by atoms with Crippen LogP contribution in [0.15, 0.2) is 18.2 Å². The quantitative estimate of drug-likeness (QED) is 0.882. The summed E-state index contributed by atoms with van der Waals surface area (Å²) in [4.78, 5) is 28.7. The van der Waals surface area contributed by atoms with Gasteiger partial charge in [0.05, 0.1) is 11.4 Å². The van der Waals surface area contributed by atoms with Gasteiger partial charge >= 0.3 is 0 Å². The van der Waals surface area contributed by atoms with Crippen molar-refractivity contribution in [2.24, 2.45) is 5.92 Å². The van der Waals surface area contributed by atoms with Crippen molar-refractivity contribution < 1.29 is 9.59 Å². The zero-order chi connectivity index (χ0) is 17.1. The molecule has 2 N–H and O–H groups in total. The summed E-state index contributed by atoms with van der Waals surface area (Å²) < 4.78 is 0. The fourth-order valence-corrected chi connectivity index (χ4v) is 3.59. The van der Waals surface area contributed by atoms with Crippen LogP contribution in [0, 0.1) is 5.92 Å². The van der Waals surface area contributed by atoms with Crippen LogP contribution >= 0.6 is 0 Å². The van der Waals surface area contributed by atoms with E-state index < -0.39 is 0 Å². The number of anilines is 2. The maximum absolute atomic E-state index is 12.9. The van der Waals surface area contributed by atoms with Gasteiger partial charge < -0.3 is 20.4 Å². The van der Waals surface area contributed by atoms with Crippen LogP contribution in [0.4, 0.5) is 11.4 Å². The van der Waals surface area contributed by atoms with E-state index in [4.69, 9.17) is 0 Å². The van der Waals surface area contributed by atoms with E-state index >= 15 is 0 Å². The monoisotopic (exact) mass is 330 g/mol. The molecule has 1 atom stereocenters. The summed E-state index contributed by atoms with van der Waals surface area (Å²) in [6.07, 6.45) is 2.67. The lowest BCUT2D eigenvalue weighted by Gasteiger charge is -2.33. The van der Waals surface area contributed by atoms with Crippen molar-refractivity contribution in [3.05, 3.63) is 23.8 Å². The number of fused-ring (bicyclic) bond motifs is 1. The summed E-state index contributed by atoms with van der Waals surface area (Å²) in [5.74, 6) is 0.566. The number of carbonyl (C=O) groups excluding carboxylic acids is 2. The third kappa shape index (κ3) is 3.53. The van der Waals surface area contributed by atoms with E-state index in [0.717, 1.165) is 43.9 Å². The Hall–Kier alpha value is -2.08. The second kappa shape index (κ2) is 7.21. The van der Waals surface area contributed by atoms with Crippen LogP contribution in [0.2, 0.25) is 0 Å². The molecule has 1 aromatic carbocycles. The normalized spacial score (nSPS) is 21.1. The van der Waals surface area contributed by atoms with Crippen LogP contribution in [0.1, 0.15) is 29.6 Å². The van der Waals surface area contributed by atoms with Crippen molar-refractivity contribution in [3.8, 4) is 0 Å². The van der Waals surface area contributed by atoms with Gasteiger partial charge in [-0.05, 0) is 50.6 Å². The first kappa shape index (κ1) is 16.8. The molecule has 1 saturated heterocycles. The van der Waals surface area contributed by atoms with E-state index in [1.165, 1.54) is 0 Å². The van der Waals surface area contributed by atoms with Crippen LogP contribution in [-0.2, 0) is 4.79 Å². The molecule has 0 spiro atoms. The Morgan fingerprint density at radius 3 is 3.00 bits per heavy atom. The number of nitrogens with one attached hydrogen (secondary N) is 2. The van der Waals surface area contributed by atoms with Crippen LogP contribution < -0.4 is 15.5 Å². The van der Waals surface area contributed by atoms with E-state index in [-0.39, 0.29) is 11.8 Å². The van der Waals surface area contributed by atoms with E-state index in [0.29, 0.717) is 24.4 Å². The van der Waals surface area contributed by atoms with E-state index in [1.54, 1.807) is 0 Å². The molecule has 6 heteroatoms. The first-order chi connectivity index (χ1) is 11.6. The van der Waals surface area contributed by atoms with Crippen LogP contribution in [0.3, 0.4) is 0 Å². The molecule has 6 nitrogen and oxygen atoms in total. The molecule has 0 aliphatic carbocycles. The van der Waals surface area contributed by atoms with E-state index in [1.807, 2.05) is 42.1 Å². The van der Waals surface area contributed by atoms with Gasteiger partial charge in [0.1, 0.15) is 0 Å². The molecule has 0 aromatic heterocycles. The van der Waals surface area contributed by atoms with Gasteiger partial charge in [0.2, 0.25) is 5.91 Å². The van der Waals surface area contributed by atoms with Gasteiger partial charge in [-0.1, -0.05) is 0 Å². The number of piperidine rings is 1. The Bertz CT molecular complexity index is 629. The van der Waals surface area contributed by atoms with Gasteiger partial charge in [-0.25, -0.2) is 0 Å². The first-order valence-corrected chi connectivity index (χ1v) is 8.67. The van der Waals surface area contributed by atoms with Crippen molar-refractivity contribution in [2.75, 3.05) is 50.5 Å². The fraction of sp³-hybridized carbons (Fsp3) is 0.556. The van der Waals surface area contributed by atoms with Crippen molar-refractivity contribution in [1.29, 1.82) is 0 Å². The Morgan fingerprint density at radius 2 is 2.21 bits per heavy atom. The standard InChI is InChI=1S/C18H26N4O2/c1-19-11-13-4-3-8-22(12-13)18(24)14-5-6-16-15(10-14)20-17(23)7-9-21(16)2/h5-6,10,13,19H,3-4,7-9,11-12H2,1-2H3,(H,20,23). The molecule has 1 unspecified atom stereocenters. The van der Waals surface area contributed by atoms with Gasteiger partial charge in [0, 0.05) is 38.7 Å². The molecular weight excluding hydrogens is 304 g/mol. The van der Waals surface area contributed by atoms with Gasteiger partial charge in [-0.3, -0.25) is 9.59 Å². The topological polar surface area (TPSA) is 64.7 Å². The SMILES string of the molecule is CNCC1CCCN(C(=O)c2ccc3c(c2)NC(=O)CCN3C)C1. The minimum absolute atomic E-state index is 0.00254. The molecule has 0 saturated carbocycles. The van der Waals surface area contributed by atoms with Crippen LogP contribution in [-0.4, -0.2) is 57.0 Å². The number of amides is 2. The summed E-state index contributed by atoms with van der Waals surface area (Å²) in [7, 11) is 3.92. The van der Waals surface area contributed by atoms with Crippen molar-refractivity contribution in [2.45, 2.75) is 19.3 Å². The second-order valence-corrected chi connectivity index (χ2v) is 6.77. The average molecular weight is 330 g/mol. The molecule has 3 rings (SSSR count). The van der Waals surface area contributed by atoms with Gasteiger partial charge in [-0.2, -0.15) is 0 Å². The number of nitrogens with zero attached hydrogens (tertiary/aromatic N) is 2. The third-order valence-electron chi connectivity index (χ3n) is 4.90. The molecule has 0 bridgehead atoms. The molecule has 2 aliphatic rings. The maximum atomic E-state index is 12.9. The number of carbonyl (C=O) groups is 2. The Kier molecular flexibility index (Phi) is 5.04. The van der Waals surface area contributed by atoms with Gasteiger partial charge in [0.25, 0.3) is 5.91 Å². The molecule has 2 aliphatic heterocycles. The number of likely N-dealkylation sites (tertiary alicyclic amines) is 1. The van der Waals surface area contributed by atoms with Crippen molar-refractivity contribution in [3.63, 3.8) is 0 Å². The minimum Gasteiger partial charge on any atom is -0.372 e. The van der Waals surface area contributed by atoms with Gasteiger partial charge in [0.15, 0.2) is 0 Å². The van der Waals surface area contributed by atoms with E-state index in [9.17, 15) is 9.59 Å². The summed E-state index contributed by atoms with van der Waals surface area (Å²) in [5.41, 5.74) is 2.34. The molecular formula is C18H26N4O2. The van der Waals surface area contributed by atoms with E-state index in [2.05, 4.69) is 10.6 Å². The minimum atomic E-state index is -0.00254. The summed E-state index contributed by atoms with van der Waals surface area (Å²) >= 11 is 0. The summed E-state index contributed by atoms with van der Waals surface area (Å²) in [5, 5.41) is 6.12. The number of benzene rings is 1. The van der Waals surface area contributed by atoms with Crippen LogP contribution in [0.25, 0.3) is 0 Å². The highest BCUT2D eigenvalue weighted by atomic mass is 16.2. The molecule has 1 aromatic rings. The Morgan fingerprint density at radius 1 is 1.38 bits per heavy atom. The predicted octanol–water partition coefficient (Wildman–Crippen LogP) is 1.54. The highest BCUT2D eigenvalue weighted by Crippen LogP contribution is 2.30. The molecule has 1 fully saturated rings. The Balaban J connectivity index is 1.79. The molecule has 2 heterocycles. The largest absolute Gasteiger partial charge is 0.372 e. The zero-order valence-corrected chi connectivity index (χ0v) is 14.5.